The van der Waals surface area contributed by atoms with E-state index in [0.717, 1.165) is 33.8 Å². The lowest BCUT2D eigenvalue weighted by molar-refractivity contribution is 0.436. The summed E-state index contributed by atoms with van der Waals surface area (Å²) in [6.07, 6.45) is 0. The van der Waals surface area contributed by atoms with Gasteiger partial charge in [0, 0.05) is 16.7 Å². The molecule has 1 unspecified atom stereocenters. The molecule has 9 aromatic carbocycles. The normalized spacial score (nSPS) is 16.0. The lowest BCUT2D eigenvalue weighted by atomic mass is 9.62. The number of hydrogen-bond acceptors (Lipinski definition) is 1. The predicted molar refractivity (Wildman–Crippen MR) is 225 cm³/mol. The van der Waals surface area contributed by atoms with Gasteiger partial charge in [0.15, 0.2) is 0 Å². The van der Waals surface area contributed by atoms with E-state index in [1.165, 1.54) is 55.3 Å². The Hall–Kier alpha value is -6.96. The summed E-state index contributed by atoms with van der Waals surface area (Å²) in [5, 5.41) is 2.48. The molecule has 0 amide bonds. The number of ether oxygens (including phenoxy) is 1. The highest BCUT2D eigenvalue weighted by molar-refractivity contribution is 5.97. The summed E-state index contributed by atoms with van der Waals surface area (Å²) < 4.78 is 7.21. The molecule has 0 fully saturated rings. The third-order valence-corrected chi connectivity index (χ3v) is 12.1. The minimum Gasteiger partial charge on any atom is -0.456 e. The van der Waals surface area contributed by atoms with Crippen LogP contribution in [0.5, 0.6) is 11.5 Å². The van der Waals surface area contributed by atoms with E-state index in [4.69, 9.17) is 4.74 Å². The summed E-state index contributed by atoms with van der Waals surface area (Å²) in [5.74, 6) is 1.75. The van der Waals surface area contributed by atoms with Crippen molar-refractivity contribution in [3.63, 3.8) is 0 Å². The number of fused-ring (bicyclic) bond motifs is 6. The zero-order valence-corrected chi connectivity index (χ0v) is 30.2. The fourth-order valence-corrected chi connectivity index (χ4v) is 9.89. The summed E-state index contributed by atoms with van der Waals surface area (Å²) >= 11 is 0. The van der Waals surface area contributed by atoms with Crippen molar-refractivity contribution >= 4 is 10.8 Å². The van der Waals surface area contributed by atoms with Crippen LogP contribution in [0.2, 0.25) is 0 Å². The van der Waals surface area contributed by atoms with Crippen LogP contribution in [0, 0.1) is 0 Å². The Morgan fingerprint density at radius 1 is 0.273 bits per heavy atom. The molecule has 2 aliphatic rings. The summed E-state index contributed by atoms with van der Waals surface area (Å²) in [4.78, 5) is 0. The van der Waals surface area contributed by atoms with Crippen molar-refractivity contribution in [2.75, 3.05) is 0 Å². The van der Waals surface area contributed by atoms with E-state index in [2.05, 4.69) is 218 Å². The van der Waals surface area contributed by atoms with Crippen LogP contribution in [-0.2, 0) is 10.8 Å². The first-order valence-corrected chi connectivity index (χ1v) is 19.1. The molecule has 9 aromatic rings. The zero-order valence-electron chi connectivity index (χ0n) is 30.2. The van der Waals surface area contributed by atoms with E-state index in [0.29, 0.717) is 0 Å². The van der Waals surface area contributed by atoms with Gasteiger partial charge in [0.05, 0.1) is 10.8 Å². The molecule has 11 rings (SSSR count). The monoisotopic (exact) mass is 700 g/mol. The molecule has 55 heavy (non-hydrogen) atoms. The lowest BCUT2D eigenvalue weighted by Crippen LogP contribution is -2.34. The van der Waals surface area contributed by atoms with Crippen LogP contribution < -0.4 is 4.74 Å². The van der Waals surface area contributed by atoms with Crippen LogP contribution >= 0.6 is 0 Å². The van der Waals surface area contributed by atoms with E-state index >= 15 is 0 Å². The number of benzene rings is 9. The molecule has 0 saturated heterocycles. The van der Waals surface area contributed by atoms with Crippen LogP contribution in [0.25, 0.3) is 33.0 Å². The molecule has 258 valence electrons. The Labute approximate surface area is 321 Å². The van der Waals surface area contributed by atoms with Gasteiger partial charge in [0.1, 0.15) is 11.5 Å². The fourth-order valence-electron chi connectivity index (χ4n) is 9.89. The van der Waals surface area contributed by atoms with Gasteiger partial charge >= 0.3 is 0 Å². The molecule has 0 aromatic heterocycles. The van der Waals surface area contributed by atoms with Gasteiger partial charge in [0.25, 0.3) is 0 Å². The largest absolute Gasteiger partial charge is 0.456 e. The minimum absolute atomic E-state index is 0.598. The number of hydrogen-bond donors (Lipinski definition) is 0. The zero-order chi connectivity index (χ0) is 36.4. The Balaban J connectivity index is 1.26. The van der Waals surface area contributed by atoms with Gasteiger partial charge < -0.3 is 4.74 Å². The molecular weight excluding hydrogens is 665 g/mol. The maximum absolute atomic E-state index is 7.21. The Kier molecular flexibility index (Phi) is 7.06. The number of para-hydroxylation sites is 2. The molecule has 0 bridgehead atoms. The van der Waals surface area contributed by atoms with Crippen molar-refractivity contribution in [2.24, 2.45) is 0 Å². The quantitative estimate of drug-likeness (QED) is 0.174. The molecule has 1 nitrogen and oxygen atoms in total. The van der Waals surface area contributed by atoms with Gasteiger partial charge in [-0.15, -0.1) is 0 Å². The second-order valence-electron chi connectivity index (χ2n) is 14.7. The average molecular weight is 701 g/mol. The van der Waals surface area contributed by atoms with Crippen molar-refractivity contribution in [1.29, 1.82) is 0 Å². The second kappa shape index (κ2) is 12.3. The third-order valence-electron chi connectivity index (χ3n) is 12.1. The van der Waals surface area contributed by atoms with Crippen molar-refractivity contribution in [3.8, 4) is 33.8 Å². The first-order chi connectivity index (χ1) is 27.3. The van der Waals surface area contributed by atoms with Gasteiger partial charge in [-0.2, -0.15) is 0 Å². The minimum atomic E-state index is -0.611. The van der Waals surface area contributed by atoms with E-state index in [1.807, 2.05) is 0 Å². The maximum Gasteiger partial charge on any atom is 0.140 e. The summed E-state index contributed by atoms with van der Waals surface area (Å²) in [6, 6.07) is 79.9. The summed E-state index contributed by atoms with van der Waals surface area (Å²) in [5.41, 5.74) is 13.3. The first-order valence-electron chi connectivity index (χ1n) is 19.1. The number of rotatable bonds is 5. The molecule has 1 aliphatic carbocycles. The lowest BCUT2D eigenvalue weighted by Gasteiger charge is -2.42. The van der Waals surface area contributed by atoms with Gasteiger partial charge in [-0.1, -0.05) is 200 Å². The van der Waals surface area contributed by atoms with E-state index < -0.39 is 10.8 Å². The maximum atomic E-state index is 7.21. The van der Waals surface area contributed by atoms with Crippen molar-refractivity contribution in [1.82, 2.24) is 0 Å². The molecule has 0 spiro atoms. The smallest absolute Gasteiger partial charge is 0.140 e. The summed E-state index contributed by atoms with van der Waals surface area (Å²) in [6.45, 7) is 0. The van der Waals surface area contributed by atoms with Crippen LogP contribution in [0.3, 0.4) is 0 Å². The fraction of sp³-hybridized carbons (Fsp3) is 0.0370. The van der Waals surface area contributed by atoms with Gasteiger partial charge in [-0.05, 0) is 79.0 Å². The van der Waals surface area contributed by atoms with Crippen LogP contribution in [-0.4, -0.2) is 0 Å². The summed E-state index contributed by atoms with van der Waals surface area (Å²) in [7, 11) is 0. The average Bonchev–Trinajstić information content (AvgIpc) is 3.55. The highest BCUT2D eigenvalue weighted by atomic mass is 16.5. The molecule has 1 aliphatic heterocycles. The van der Waals surface area contributed by atoms with Crippen LogP contribution in [0.1, 0.15) is 44.5 Å². The topological polar surface area (TPSA) is 9.23 Å². The molecule has 1 atom stereocenters. The molecule has 0 radical (unpaired) electrons. The predicted octanol–water partition coefficient (Wildman–Crippen LogP) is 13.4. The van der Waals surface area contributed by atoms with Gasteiger partial charge in [-0.3, -0.25) is 0 Å². The standard InChI is InChI=1S/C54H36O/c1-4-21-39(22-5-1)53(40-23-6-2-7-24-40)48-32-16-17-34-51(48)55-52-44(29-18-33-49(52)53)42-27-12-14-30-46(42)54(41-25-8-3-9-26-41)47-31-15-13-28-43(47)45-35-37-19-10-11-20-38(37)36-50(45)54/h1-36H. The SMILES string of the molecule is c1ccc(C2(c3ccccc3)c3ccccc3Oc3c(-c4ccccc4C4(c5ccccc5)c5ccccc5-c5cc6ccccc6cc54)cccc32)cc1. The highest BCUT2D eigenvalue weighted by Crippen LogP contribution is 2.61. The Bertz CT molecular complexity index is 2850. The van der Waals surface area contributed by atoms with Crippen LogP contribution in [0.4, 0.5) is 0 Å². The molecule has 1 heterocycles. The van der Waals surface area contributed by atoms with Crippen LogP contribution in [0.15, 0.2) is 218 Å². The van der Waals surface area contributed by atoms with Gasteiger partial charge in [0.2, 0.25) is 0 Å². The second-order valence-corrected chi connectivity index (χ2v) is 14.7. The molecule has 1 heteroatoms. The molecular formula is C54H36O. The third kappa shape index (κ3) is 4.41. The van der Waals surface area contributed by atoms with Crippen molar-refractivity contribution in [2.45, 2.75) is 10.8 Å². The van der Waals surface area contributed by atoms with Crippen molar-refractivity contribution < 1.29 is 4.74 Å². The van der Waals surface area contributed by atoms with Gasteiger partial charge in [-0.25, -0.2) is 0 Å². The molecule has 0 N–H and O–H groups in total. The van der Waals surface area contributed by atoms with E-state index in [1.54, 1.807) is 0 Å². The van der Waals surface area contributed by atoms with E-state index in [9.17, 15) is 0 Å². The Morgan fingerprint density at radius 2 is 0.709 bits per heavy atom. The first kappa shape index (κ1) is 31.6. The van der Waals surface area contributed by atoms with E-state index in [-0.39, 0.29) is 0 Å². The van der Waals surface area contributed by atoms with Crippen molar-refractivity contribution in [3.05, 3.63) is 263 Å². The highest BCUT2D eigenvalue weighted by Gasteiger charge is 2.49. The molecule has 0 saturated carbocycles. The Morgan fingerprint density at radius 3 is 1.33 bits per heavy atom.